The van der Waals surface area contributed by atoms with E-state index in [4.69, 9.17) is 5.73 Å². The highest BCUT2D eigenvalue weighted by Gasteiger charge is 2.00. The molecule has 88 valence electrons. The number of nitrogen functional groups attached to an aromatic ring is 1. The summed E-state index contributed by atoms with van der Waals surface area (Å²) in [6.07, 6.45) is 2.05. The molecule has 0 aliphatic rings. The molecule has 2 rings (SSSR count). The first-order valence-electron chi connectivity index (χ1n) is 5.19. The van der Waals surface area contributed by atoms with E-state index in [1.165, 1.54) is 4.90 Å². The van der Waals surface area contributed by atoms with Crippen molar-refractivity contribution in [1.82, 2.24) is 9.97 Å². The Bertz CT molecular complexity index is 490. The minimum absolute atomic E-state index is 0.473. The molecule has 1 heterocycles. The molecule has 0 amide bonds. The molecule has 0 spiro atoms. The molecule has 1 aromatic heterocycles. The number of thioether (sulfide) groups is 1. The van der Waals surface area contributed by atoms with E-state index >= 15 is 0 Å². The largest absolute Gasteiger partial charge is 0.384 e. The van der Waals surface area contributed by atoms with Crippen LogP contribution in [0.5, 0.6) is 0 Å². The van der Waals surface area contributed by atoms with Gasteiger partial charge in [-0.2, -0.15) is 0 Å². The van der Waals surface area contributed by atoms with Gasteiger partial charge in [0.05, 0.1) is 0 Å². The number of nitrogens with one attached hydrogen (secondary N) is 1. The van der Waals surface area contributed by atoms with Gasteiger partial charge < -0.3 is 11.1 Å². The zero-order valence-corrected chi connectivity index (χ0v) is 10.6. The Morgan fingerprint density at radius 2 is 1.88 bits per heavy atom. The Morgan fingerprint density at radius 1 is 1.18 bits per heavy atom. The fourth-order valence-electron chi connectivity index (χ4n) is 1.48. The summed E-state index contributed by atoms with van der Waals surface area (Å²) >= 11 is 1.72. The zero-order valence-electron chi connectivity index (χ0n) is 9.77. The van der Waals surface area contributed by atoms with Crippen molar-refractivity contribution in [3.05, 3.63) is 36.2 Å². The number of aromatic nitrogens is 2. The van der Waals surface area contributed by atoms with Crippen molar-refractivity contribution in [3.8, 4) is 0 Å². The third kappa shape index (κ3) is 3.10. The summed E-state index contributed by atoms with van der Waals surface area (Å²) in [5, 5.41) is 3.20. The molecule has 0 saturated carbocycles. The zero-order chi connectivity index (χ0) is 12.3. The first kappa shape index (κ1) is 11.7. The molecule has 2 aromatic rings. The van der Waals surface area contributed by atoms with Crippen LogP contribution in [0.1, 0.15) is 5.82 Å². The SMILES string of the molecule is CSc1ccc(Nc2cc(N)nc(C)n2)cc1. The Hall–Kier alpha value is -1.75. The van der Waals surface area contributed by atoms with Crippen molar-refractivity contribution in [1.29, 1.82) is 0 Å². The van der Waals surface area contributed by atoms with Crippen LogP contribution in [0.25, 0.3) is 0 Å². The maximum absolute atomic E-state index is 5.66. The van der Waals surface area contributed by atoms with E-state index in [-0.39, 0.29) is 0 Å². The highest BCUT2D eigenvalue weighted by atomic mass is 32.2. The van der Waals surface area contributed by atoms with E-state index in [1.54, 1.807) is 17.8 Å². The number of hydrogen-bond acceptors (Lipinski definition) is 5. The van der Waals surface area contributed by atoms with E-state index in [0.29, 0.717) is 17.5 Å². The molecule has 0 unspecified atom stereocenters. The van der Waals surface area contributed by atoms with Crippen LogP contribution in [-0.2, 0) is 0 Å². The van der Waals surface area contributed by atoms with E-state index < -0.39 is 0 Å². The first-order chi connectivity index (χ1) is 8.17. The Balaban J connectivity index is 2.19. The predicted octanol–water partition coefficient (Wildman–Crippen LogP) is 2.83. The van der Waals surface area contributed by atoms with Gasteiger partial charge in [-0.1, -0.05) is 0 Å². The third-order valence-electron chi connectivity index (χ3n) is 2.22. The monoisotopic (exact) mass is 246 g/mol. The molecule has 0 aliphatic heterocycles. The molecule has 0 saturated heterocycles. The summed E-state index contributed by atoms with van der Waals surface area (Å²) in [6, 6.07) is 9.86. The number of aryl methyl sites for hydroxylation is 1. The van der Waals surface area contributed by atoms with Crippen LogP contribution < -0.4 is 11.1 Å². The van der Waals surface area contributed by atoms with Gasteiger partial charge >= 0.3 is 0 Å². The standard InChI is InChI=1S/C12H14N4S/c1-8-14-11(13)7-12(15-8)16-9-3-5-10(17-2)6-4-9/h3-7H,1-2H3,(H3,13,14,15,16). The molecule has 1 aromatic carbocycles. The lowest BCUT2D eigenvalue weighted by molar-refractivity contribution is 1.06. The molecule has 5 heteroatoms. The summed E-state index contributed by atoms with van der Waals surface area (Å²) in [6.45, 7) is 1.82. The predicted molar refractivity (Wildman–Crippen MR) is 72.7 cm³/mol. The van der Waals surface area contributed by atoms with Crippen molar-refractivity contribution in [2.75, 3.05) is 17.3 Å². The van der Waals surface area contributed by atoms with Crippen LogP contribution in [-0.4, -0.2) is 16.2 Å². The second kappa shape index (κ2) is 5.05. The van der Waals surface area contributed by atoms with E-state index in [1.807, 2.05) is 19.1 Å². The lowest BCUT2D eigenvalue weighted by Crippen LogP contribution is -2.00. The second-order valence-electron chi connectivity index (χ2n) is 3.58. The van der Waals surface area contributed by atoms with E-state index in [2.05, 4.69) is 33.7 Å². The molecule has 0 aliphatic carbocycles. The molecule has 3 N–H and O–H groups in total. The van der Waals surface area contributed by atoms with Crippen molar-refractivity contribution in [3.63, 3.8) is 0 Å². The van der Waals surface area contributed by atoms with Crippen molar-refractivity contribution < 1.29 is 0 Å². The number of rotatable bonds is 3. The summed E-state index contributed by atoms with van der Waals surface area (Å²) in [5.74, 6) is 1.85. The van der Waals surface area contributed by atoms with Crippen molar-refractivity contribution >= 4 is 29.1 Å². The van der Waals surface area contributed by atoms with Gasteiger partial charge in [-0.15, -0.1) is 11.8 Å². The molecule has 0 bridgehead atoms. The van der Waals surface area contributed by atoms with Gasteiger partial charge in [0, 0.05) is 16.6 Å². The van der Waals surface area contributed by atoms with Crippen LogP contribution in [0.3, 0.4) is 0 Å². The molecule has 0 atom stereocenters. The van der Waals surface area contributed by atoms with Gasteiger partial charge in [-0.3, -0.25) is 0 Å². The van der Waals surface area contributed by atoms with Gasteiger partial charge in [-0.25, -0.2) is 9.97 Å². The lowest BCUT2D eigenvalue weighted by Gasteiger charge is -2.07. The molecular formula is C12H14N4S. The highest BCUT2D eigenvalue weighted by molar-refractivity contribution is 7.98. The van der Waals surface area contributed by atoms with Crippen molar-refractivity contribution in [2.45, 2.75) is 11.8 Å². The normalized spacial score (nSPS) is 10.2. The average Bonchev–Trinajstić information content (AvgIpc) is 2.28. The van der Waals surface area contributed by atoms with Crippen LogP contribution in [0, 0.1) is 6.92 Å². The maximum atomic E-state index is 5.66. The minimum Gasteiger partial charge on any atom is -0.384 e. The third-order valence-corrected chi connectivity index (χ3v) is 2.96. The summed E-state index contributed by atoms with van der Waals surface area (Å²) < 4.78 is 0. The Morgan fingerprint density at radius 3 is 2.47 bits per heavy atom. The van der Waals surface area contributed by atoms with Gasteiger partial charge in [0.25, 0.3) is 0 Å². The van der Waals surface area contributed by atoms with Gasteiger partial charge in [0.1, 0.15) is 17.5 Å². The number of hydrogen-bond donors (Lipinski definition) is 2. The van der Waals surface area contributed by atoms with Crippen molar-refractivity contribution in [2.24, 2.45) is 0 Å². The molecule has 0 fully saturated rings. The number of benzene rings is 1. The maximum Gasteiger partial charge on any atom is 0.136 e. The Kier molecular flexibility index (Phi) is 3.49. The summed E-state index contributed by atoms with van der Waals surface area (Å²) in [4.78, 5) is 9.52. The summed E-state index contributed by atoms with van der Waals surface area (Å²) in [7, 11) is 0. The second-order valence-corrected chi connectivity index (χ2v) is 4.46. The van der Waals surface area contributed by atoms with Crippen LogP contribution in [0.4, 0.5) is 17.3 Å². The summed E-state index contributed by atoms with van der Waals surface area (Å²) in [5.41, 5.74) is 6.65. The van der Waals surface area contributed by atoms with Gasteiger partial charge in [0.15, 0.2) is 0 Å². The molecule has 4 nitrogen and oxygen atoms in total. The molecule has 17 heavy (non-hydrogen) atoms. The Labute approximate surface area is 105 Å². The van der Waals surface area contributed by atoms with Crippen LogP contribution in [0.2, 0.25) is 0 Å². The molecule has 0 radical (unpaired) electrons. The fraction of sp³-hybridized carbons (Fsp3) is 0.167. The quantitative estimate of drug-likeness (QED) is 0.815. The lowest BCUT2D eigenvalue weighted by atomic mass is 10.3. The fourth-order valence-corrected chi connectivity index (χ4v) is 1.89. The first-order valence-corrected chi connectivity index (χ1v) is 6.42. The minimum atomic E-state index is 0.473. The number of nitrogens with zero attached hydrogens (tertiary/aromatic N) is 2. The smallest absolute Gasteiger partial charge is 0.136 e. The molecular weight excluding hydrogens is 232 g/mol. The van der Waals surface area contributed by atoms with Crippen LogP contribution in [0.15, 0.2) is 35.2 Å². The average molecular weight is 246 g/mol. The number of nitrogens with two attached hydrogens (primary N) is 1. The van der Waals surface area contributed by atoms with Gasteiger partial charge in [-0.05, 0) is 37.4 Å². The number of anilines is 3. The topological polar surface area (TPSA) is 63.8 Å². The van der Waals surface area contributed by atoms with E-state index in [9.17, 15) is 0 Å². The van der Waals surface area contributed by atoms with Gasteiger partial charge in [0.2, 0.25) is 0 Å². The van der Waals surface area contributed by atoms with Crippen LogP contribution >= 0.6 is 11.8 Å². The van der Waals surface area contributed by atoms with E-state index in [0.717, 1.165) is 5.69 Å². The highest BCUT2D eigenvalue weighted by Crippen LogP contribution is 2.20.